The highest BCUT2D eigenvalue weighted by atomic mass is 19.2. The summed E-state index contributed by atoms with van der Waals surface area (Å²) in [6, 6.07) is 1.14. The van der Waals surface area contributed by atoms with E-state index in [9.17, 15) is 26.7 Å². The zero-order chi connectivity index (χ0) is 16.6. The molecule has 4 nitrogen and oxygen atoms in total. The van der Waals surface area contributed by atoms with E-state index in [1.54, 1.807) is 13.8 Å². The second kappa shape index (κ2) is 5.74. The number of aromatic nitrogens is 1. The number of esters is 1. The Balaban J connectivity index is 2.36. The van der Waals surface area contributed by atoms with Crippen molar-refractivity contribution in [3.8, 4) is 5.75 Å². The van der Waals surface area contributed by atoms with Gasteiger partial charge in [0.15, 0.2) is 0 Å². The van der Waals surface area contributed by atoms with E-state index in [2.05, 4.69) is 14.4 Å². The lowest BCUT2D eigenvalue weighted by atomic mass is 10.1. The lowest BCUT2D eigenvalue weighted by Gasteiger charge is -2.07. The van der Waals surface area contributed by atoms with Gasteiger partial charge >= 0.3 is 5.97 Å². The molecule has 0 radical (unpaired) electrons. The van der Waals surface area contributed by atoms with Gasteiger partial charge < -0.3 is 9.26 Å². The summed E-state index contributed by atoms with van der Waals surface area (Å²) >= 11 is 0. The lowest BCUT2D eigenvalue weighted by molar-refractivity contribution is 0.0672. The Hall–Kier alpha value is -2.45. The molecule has 0 saturated heterocycles. The van der Waals surface area contributed by atoms with Crippen molar-refractivity contribution in [2.75, 3.05) is 0 Å². The van der Waals surface area contributed by atoms with Crippen LogP contribution in [0.2, 0.25) is 0 Å². The summed E-state index contributed by atoms with van der Waals surface area (Å²) in [7, 11) is 0. The van der Waals surface area contributed by atoms with Crippen LogP contribution in [0.3, 0.4) is 0 Å². The Morgan fingerprint density at radius 3 is 2.00 bits per heavy atom. The predicted octanol–water partition coefficient (Wildman–Crippen LogP) is 3.71. The number of halogens is 5. The highest BCUT2D eigenvalue weighted by Gasteiger charge is 2.29. The topological polar surface area (TPSA) is 52.3 Å². The van der Waals surface area contributed by atoms with Crippen LogP contribution in [0.4, 0.5) is 22.0 Å². The monoisotopic (exact) mass is 321 g/mol. The molecule has 0 N–H and O–H groups in total. The van der Waals surface area contributed by atoms with Gasteiger partial charge in [0, 0.05) is 6.07 Å². The van der Waals surface area contributed by atoms with Crippen molar-refractivity contribution in [3.63, 3.8) is 0 Å². The van der Waals surface area contributed by atoms with E-state index >= 15 is 0 Å². The first-order chi connectivity index (χ1) is 10.2. The third-order valence-corrected chi connectivity index (χ3v) is 2.69. The lowest BCUT2D eigenvalue weighted by Crippen LogP contribution is -2.13. The standard InChI is InChI=1S/C13H8F5NO3/c1-4(2)5-3-6(22-19-5)13(20)21-12-10(17)8(15)7(14)9(16)11(12)18/h3-4H,1-2H3. The first kappa shape index (κ1) is 15.9. The van der Waals surface area contributed by atoms with Gasteiger partial charge in [-0.15, -0.1) is 0 Å². The minimum absolute atomic E-state index is 0.112. The number of ether oxygens (including phenoxy) is 1. The van der Waals surface area contributed by atoms with Gasteiger partial charge in [-0.25, -0.2) is 18.0 Å². The van der Waals surface area contributed by atoms with Gasteiger partial charge in [-0.1, -0.05) is 19.0 Å². The molecule has 0 atom stereocenters. The normalized spacial score (nSPS) is 11.1. The minimum Gasteiger partial charge on any atom is -0.414 e. The molecular formula is C13H8F5NO3. The molecule has 0 aliphatic carbocycles. The van der Waals surface area contributed by atoms with Crippen molar-refractivity contribution >= 4 is 5.97 Å². The maximum absolute atomic E-state index is 13.4. The van der Waals surface area contributed by atoms with E-state index < -0.39 is 46.6 Å². The number of benzene rings is 1. The summed E-state index contributed by atoms with van der Waals surface area (Å²) in [6.45, 7) is 3.47. The maximum atomic E-state index is 13.4. The summed E-state index contributed by atoms with van der Waals surface area (Å²) < 4.78 is 74.3. The van der Waals surface area contributed by atoms with Gasteiger partial charge in [0.1, 0.15) is 0 Å². The van der Waals surface area contributed by atoms with Crippen LogP contribution in [0.15, 0.2) is 10.6 Å². The van der Waals surface area contributed by atoms with Gasteiger partial charge in [0.2, 0.25) is 40.6 Å². The molecule has 0 unspecified atom stereocenters. The molecule has 0 spiro atoms. The van der Waals surface area contributed by atoms with Gasteiger partial charge in [0.25, 0.3) is 0 Å². The predicted molar refractivity (Wildman–Crippen MR) is 61.8 cm³/mol. The Bertz CT molecular complexity index is 713. The number of hydrogen-bond acceptors (Lipinski definition) is 4. The zero-order valence-corrected chi connectivity index (χ0v) is 11.2. The molecule has 0 saturated carbocycles. The van der Waals surface area contributed by atoms with Crippen LogP contribution in [0, 0.1) is 29.1 Å². The largest absolute Gasteiger partial charge is 0.414 e. The van der Waals surface area contributed by atoms with Crippen molar-refractivity contribution in [2.24, 2.45) is 0 Å². The number of carbonyl (C=O) groups is 1. The fraction of sp³-hybridized carbons (Fsp3) is 0.231. The van der Waals surface area contributed by atoms with Gasteiger partial charge in [-0.05, 0) is 5.92 Å². The Labute approximate surface area is 120 Å². The van der Waals surface area contributed by atoms with Gasteiger partial charge in [-0.2, -0.15) is 8.78 Å². The van der Waals surface area contributed by atoms with Crippen LogP contribution < -0.4 is 4.74 Å². The number of rotatable bonds is 3. The molecule has 0 fully saturated rings. The van der Waals surface area contributed by atoms with Crippen molar-refractivity contribution in [2.45, 2.75) is 19.8 Å². The molecule has 0 bridgehead atoms. The van der Waals surface area contributed by atoms with Crippen LogP contribution in [0.1, 0.15) is 36.0 Å². The molecule has 1 aromatic carbocycles. The van der Waals surface area contributed by atoms with Crippen molar-refractivity contribution in [3.05, 3.63) is 46.6 Å². The second-order valence-electron chi connectivity index (χ2n) is 4.56. The average molecular weight is 321 g/mol. The maximum Gasteiger partial charge on any atom is 0.382 e. The molecule has 9 heteroatoms. The summed E-state index contributed by atoms with van der Waals surface area (Å²) in [4.78, 5) is 11.6. The molecule has 118 valence electrons. The third-order valence-electron chi connectivity index (χ3n) is 2.69. The van der Waals surface area contributed by atoms with Crippen molar-refractivity contribution < 1.29 is 36.0 Å². The third kappa shape index (κ3) is 2.66. The summed E-state index contributed by atoms with van der Waals surface area (Å²) in [6.07, 6.45) is 0. The molecule has 1 aromatic heterocycles. The Morgan fingerprint density at radius 1 is 1.05 bits per heavy atom. The zero-order valence-electron chi connectivity index (χ0n) is 11.2. The second-order valence-corrected chi connectivity index (χ2v) is 4.56. The SMILES string of the molecule is CC(C)c1cc(C(=O)Oc2c(F)c(F)c(F)c(F)c2F)on1. The van der Waals surface area contributed by atoms with Crippen LogP contribution >= 0.6 is 0 Å². The van der Waals surface area contributed by atoms with Crippen LogP contribution in [-0.4, -0.2) is 11.1 Å². The summed E-state index contributed by atoms with van der Waals surface area (Å²) in [5.74, 6) is -15.1. The highest BCUT2D eigenvalue weighted by molar-refractivity contribution is 5.88. The first-order valence-corrected chi connectivity index (χ1v) is 5.94. The highest BCUT2D eigenvalue weighted by Crippen LogP contribution is 2.29. The van der Waals surface area contributed by atoms with Gasteiger partial charge in [0.05, 0.1) is 5.69 Å². The molecule has 1 heterocycles. The van der Waals surface area contributed by atoms with E-state index in [4.69, 9.17) is 0 Å². The smallest absolute Gasteiger partial charge is 0.382 e. The van der Waals surface area contributed by atoms with Crippen LogP contribution in [-0.2, 0) is 0 Å². The summed E-state index contributed by atoms with van der Waals surface area (Å²) in [5.41, 5.74) is 0.351. The van der Waals surface area contributed by atoms with Crippen molar-refractivity contribution in [1.29, 1.82) is 0 Å². The Kier molecular flexibility index (Phi) is 4.16. The average Bonchev–Trinajstić information content (AvgIpc) is 2.97. The first-order valence-electron chi connectivity index (χ1n) is 5.94. The van der Waals surface area contributed by atoms with Crippen LogP contribution in [0.25, 0.3) is 0 Å². The van der Waals surface area contributed by atoms with Crippen LogP contribution in [0.5, 0.6) is 5.75 Å². The number of nitrogens with zero attached hydrogens (tertiary/aromatic N) is 1. The number of hydrogen-bond donors (Lipinski definition) is 0. The molecule has 0 aliphatic heterocycles. The van der Waals surface area contributed by atoms with E-state index in [-0.39, 0.29) is 5.92 Å². The molecule has 2 rings (SSSR count). The molecule has 22 heavy (non-hydrogen) atoms. The fourth-order valence-corrected chi connectivity index (χ4v) is 1.47. The molecular weight excluding hydrogens is 313 g/mol. The molecule has 0 amide bonds. The summed E-state index contributed by atoms with van der Waals surface area (Å²) in [5, 5.41) is 3.50. The fourth-order valence-electron chi connectivity index (χ4n) is 1.47. The Morgan fingerprint density at radius 2 is 1.55 bits per heavy atom. The van der Waals surface area contributed by atoms with E-state index in [1.807, 2.05) is 0 Å². The van der Waals surface area contributed by atoms with Crippen molar-refractivity contribution in [1.82, 2.24) is 5.16 Å². The van der Waals surface area contributed by atoms with Gasteiger partial charge in [-0.3, -0.25) is 0 Å². The quantitative estimate of drug-likeness (QED) is 0.284. The van der Waals surface area contributed by atoms with E-state index in [0.29, 0.717) is 5.69 Å². The minimum atomic E-state index is -2.35. The molecule has 0 aliphatic rings. The van der Waals surface area contributed by atoms with E-state index in [0.717, 1.165) is 6.07 Å². The molecule has 2 aromatic rings. The number of carbonyl (C=O) groups excluding carboxylic acids is 1. The van der Waals surface area contributed by atoms with E-state index in [1.165, 1.54) is 0 Å².